The molecule has 8 aromatic rings. The molecule has 6 heteroatoms. The van der Waals surface area contributed by atoms with Crippen molar-refractivity contribution in [1.82, 2.24) is 24.1 Å². The molecular formula is C36H23N5Pt. The summed E-state index contributed by atoms with van der Waals surface area (Å²) in [6.07, 6.45) is 5.49. The molecule has 8 rings (SSSR count). The third kappa shape index (κ3) is 4.17. The standard InChI is InChI=1S/C36H23N5.Pt/c1-40-34-14-5-3-12-32(34)39-36(40)24-15-17-29-28-10-2-4-13-33(28)41(35(29)21-24)26-16-18-27(25-9-8-19-37-23-25)30(22-26)31-11-6-7-20-38-31;/h2-20,23H,1H3;/q-2;+2. The van der Waals surface area contributed by atoms with Crippen LogP contribution in [0.1, 0.15) is 0 Å². The number of pyridine rings is 2. The Morgan fingerprint density at radius 1 is 0.690 bits per heavy atom. The summed E-state index contributed by atoms with van der Waals surface area (Å²) in [4.78, 5) is 14.0. The molecule has 42 heavy (non-hydrogen) atoms. The molecule has 5 nitrogen and oxygen atoms in total. The van der Waals surface area contributed by atoms with Gasteiger partial charge in [0.1, 0.15) is 0 Å². The van der Waals surface area contributed by atoms with Gasteiger partial charge in [-0.25, -0.2) is 0 Å². The van der Waals surface area contributed by atoms with Crippen molar-refractivity contribution in [1.29, 1.82) is 0 Å². The molecule has 202 valence electrons. The molecule has 0 spiro atoms. The van der Waals surface area contributed by atoms with E-state index in [9.17, 15) is 0 Å². The SMILES string of the molecule is Cn1c(-c2[c-]c3c(cc2)c2ccccc2n3-c2[c-]c(-c3ccccn3)c(-c3cccnc3)cc2)nc2ccccc21.[Pt+2]. The maximum Gasteiger partial charge on any atom is 2.00 e. The minimum Gasteiger partial charge on any atom is -0.367 e. The van der Waals surface area contributed by atoms with Crippen molar-refractivity contribution in [3.8, 4) is 39.5 Å². The molecule has 0 unspecified atom stereocenters. The van der Waals surface area contributed by atoms with E-state index in [2.05, 4.69) is 98.9 Å². The van der Waals surface area contributed by atoms with Crippen LogP contribution in [0, 0.1) is 12.1 Å². The number of hydrogen-bond donors (Lipinski definition) is 0. The first-order valence-electron chi connectivity index (χ1n) is 13.5. The second-order valence-corrected chi connectivity index (χ2v) is 10.1. The summed E-state index contributed by atoms with van der Waals surface area (Å²) in [7, 11) is 2.06. The van der Waals surface area contributed by atoms with Gasteiger partial charge in [0.2, 0.25) is 0 Å². The van der Waals surface area contributed by atoms with Gasteiger partial charge in [0.05, 0.1) is 16.9 Å². The van der Waals surface area contributed by atoms with Gasteiger partial charge in [-0.1, -0.05) is 59.5 Å². The number of imidazole rings is 1. The summed E-state index contributed by atoms with van der Waals surface area (Å²) in [5.41, 5.74) is 9.84. The normalized spacial score (nSPS) is 11.3. The van der Waals surface area contributed by atoms with Crippen molar-refractivity contribution >= 4 is 32.8 Å². The largest absolute Gasteiger partial charge is 2.00 e. The van der Waals surface area contributed by atoms with E-state index >= 15 is 0 Å². The van der Waals surface area contributed by atoms with Crippen LogP contribution in [0.5, 0.6) is 0 Å². The van der Waals surface area contributed by atoms with Gasteiger partial charge in [-0.15, -0.1) is 47.5 Å². The maximum absolute atomic E-state index is 4.95. The molecule has 0 amide bonds. The predicted octanol–water partition coefficient (Wildman–Crippen LogP) is 8.06. The number of hydrogen-bond acceptors (Lipinski definition) is 3. The third-order valence-electron chi connectivity index (χ3n) is 7.68. The average Bonchev–Trinajstić information content (AvgIpc) is 3.56. The van der Waals surface area contributed by atoms with Crippen molar-refractivity contribution < 1.29 is 21.1 Å². The fourth-order valence-electron chi connectivity index (χ4n) is 5.75. The summed E-state index contributed by atoms with van der Waals surface area (Å²) in [5.74, 6) is 0.884. The van der Waals surface area contributed by atoms with Crippen molar-refractivity contribution in [2.45, 2.75) is 0 Å². The summed E-state index contributed by atoms with van der Waals surface area (Å²) >= 11 is 0. The number of nitrogens with zero attached hydrogens (tertiary/aromatic N) is 5. The Morgan fingerprint density at radius 3 is 2.33 bits per heavy atom. The van der Waals surface area contributed by atoms with Crippen molar-refractivity contribution in [2.24, 2.45) is 7.05 Å². The molecule has 0 atom stereocenters. The second-order valence-electron chi connectivity index (χ2n) is 10.1. The van der Waals surface area contributed by atoms with Gasteiger partial charge >= 0.3 is 21.1 Å². The zero-order valence-electron chi connectivity index (χ0n) is 22.6. The number of aryl methyl sites for hydroxylation is 1. The Morgan fingerprint density at radius 2 is 1.52 bits per heavy atom. The molecule has 0 aliphatic rings. The first-order valence-corrected chi connectivity index (χ1v) is 13.5. The van der Waals surface area contributed by atoms with E-state index in [1.54, 1.807) is 6.20 Å². The van der Waals surface area contributed by atoms with Gasteiger partial charge in [-0.3, -0.25) is 9.97 Å². The van der Waals surface area contributed by atoms with E-state index in [0.717, 1.165) is 66.9 Å². The molecule has 4 heterocycles. The van der Waals surface area contributed by atoms with Gasteiger partial charge in [0, 0.05) is 31.2 Å². The van der Waals surface area contributed by atoms with E-state index in [1.807, 2.05) is 54.9 Å². The van der Waals surface area contributed by atoms with Crippen LogP contribution >= 0.6 is 0 Å². The van der Waals surface area contributed by atoms with Crippen LogP contribution in [0.4, 0.5) is 0 Å². The Balaban J connectivity index is 0.00000288. The zero-order chi connectivity index (χ0) is 27.3. The van der Waals surface area contributed by atoms with E-state index < -0.39 is 0 Å². The van der Waals surface area contributed by atoms with Crippen LogP contribution in [0.2, 0.25) is 0 Å². The Bertz CT molecular complexity index is 2220. The Labute approximate surface area is 257 Å². The van der Waals surface area contributed by atoms with E-state index in [1.165, 1.54) is 5.39 Å². The molecule has 0 saturated carbocycles. The van der Waals surface area contributed by atoms with Gasteiger partial charge in [-0.05, 0) is 58.2 Å². The average molecular weight is 721 g/mol. The first kappa shape index (κ1) is 26.1. The van der Waals surface area contributed by atoms with Crippen LogP contribution in [-0.2, 0) is 28.1 Å². The molecule has 0 fully saturated rings. The van der Waals surface area contributed by atoms with Crippen LogP contribution in [0.15, 0.2) is 122 Å². The van der Waals surface area contributed by atoms with Crippen LogP contribution in [0.25, 0.3) is 72.3 Å². The Kier molecular flexibility index (Phi) is 6.53. The van der Waals surface area contributed by atoms with Gasteiger partial charge in [-0.2, -0.15) is 0 Å². The second kappa shape index (κ2) is 10.5. The number of para-hydroxylation sites is 3. The van der Waals surface area contributed by atoms with Gasteiger partial charge < -0.3 is 14.1 Å². The third-order valence-corrected chi connectivity index (χ3v) is 7.68. The topological polar surface area (TPSA) is 48.5 Å². The fourth-order valence-corrected chi connectivity index (χ4v) is 5.75. The summed E-state index contributed by atoms with van der Waals surface area (Å²) in [6.45, 7) is 0. The van der Waals surface area contributed by atoms with Crippen molar-refractivity contribution in [2.75, 3.05) is 0 Å². The molecule has 4 aromatic heterocycles. The summed E-state index contributed by atoms with van der Waals surface area (Å²) in [5, 5.41) is 2.30. The van der Waals surface area contributed by atoms with Gasteiger partial charge in [0.25, 0.3) is 0 Å². The molecule has 0 aliphatic heterocycles. The number of fused-ring (bicyclic) bond motifs is 4. The minimum absolute atomic E-state index is 0. The molecular weight excluding hydrogens is 698 g/mol. The molecule has 0 aliphatic carbocycles. The number of rotatable bonds is 4. The summed E-state index contributed by atoms with van der Waals surface area (Å²) < 4.78 is 4.38. The van der Waals surface area contributed by atoms with E-state index in [-0.39, 0.29) is 21.1 Å². The van der Waals surface area contributed by atoms with Crippen LogP contribution in [0.3, 0.4) is 0 Å². The monoisotopic (exact) mass is 720 g/mol. The van der Waals surface area contributed by atoms with Crippen molar-refractivity contribution in [3.63, 3.8) is 0 Å². The smallest absolute Gasteiger partial charge is 0.367 e. The van der Waals surface area contributed by atoms with Gasteiger partial charge in [0.15, 0.2) is 0 Å². The molecule has 0 N–H and O–H groups in total. The molecule has 4 aromatic carbocycles. The molecule has 0 bridgehead atoms. The maximum atomic E-state index is 4.95. The molecule has 0 radical (unpaired) electrons. The number of aromatic nitrogens is 5. The Hall–Kier alpha value is -4.86. The first-order chi connectivity index (χ1) is 20.3. The van der Waals surface area contributed by atoms with Crippen LogP contribution in [-0.4, -0.2) is 24.1 Å². The summed E-state index contributed by atoms with van der Waals surface area (Å²) in [6, 6.07) is 42.7. The van der Waals surface area contributed by atoms with Crippen molar-refractivity contribution in [3.05, 3.63) is 134 Å². The van der Waals surface area contributed by atoms with E-state index in [0.29, 0.717) is 0 Å². The zero-order valence-corrected chi connectivity index (χ0v) is 24.9. The predicted molar refractivity (Wildman–Crippen MR) is 165 cm³/mol. The quantitative estimate of drug-likeness (QED) is 0.173. The molecule has 0 saturated heterocycles. The van der Waals surface area contributed by atoms with E-state index in [4.69, 9.17) is 4.98 Å². The van der Waals surface area contributed by atoms with Crippen LogP contribution < -0.4 is 0 Å². The number of benzene rings is 4. The minimum atomic E-state index is 0. The fraction of sp³-hybridized carbons (Fsp3) is 0.0278.